The Morgan fingerprint density at radius 2 is 1.56 bits per heavy atom. The highest BCUT2D eigenvalue weighted by Crippen LogP contribution is 2.81. The number of carboxylic acids is 1. The van der Waals surface area contributed by atoms with Crippen LogP contribution in [-0.4, -0.2) is 53.0 Å². The van der Waals surface area contributed by atoms with Crippen LogP contribution >= 0.6 is 0 Å². The second-order valence-corrected chi connectivity index (χ2v) is 22.6. The molecule has 6 saturated carbocycles. The van der Waals surface area contributed by atoms with Gasteiger partial charge in [0.05, 0.1) is 24.2 Å². The van der Waals surface area contributed by atoms with Crippen LogP contribution in [0.3, 0.4) is 0 Å². The van der Waals surface area contributed by atoms with Gasteiger partial charge in [-0.05, 0) is 147 Å². The van der Waals surface area contributed by atoms with Crippen LogP contribution in [0.2, 0.25) is 0 Å². The first-order chi connectivity index (χ1) is 27.1. The van der Waals surface area contributed by atoms with Gasteiger partial charge in [0.2, 0.25) is 0 Å². The van der Waals surface area contributed by atoms with Crippen molar-refractivity contribution in [2.24, 2.45) is 62.1 Å². The SMILES string of the molecule is CCC[C@H]1[C@@]23CC[C@@H]4[C@@](C)(CC[C@]5(CCCCCC6CCCC6)[C@@H]6C[C@](C)(C(=O)O)CC[C@@]6(C)CC[C@]45C)[C@@H]2[C@@H](O)C[C@]1(O)O[C@H]3Cc1ccc(CCOC)cc1. The Balaban J connectivity index is 1.15. The van der Waals surface area contributed by atoms with E-state index in [-0.39, 0.29) is 45.0 Å². The van der Waals surface area contributed by atoms with Crippen molar-refractivity contribution < 1.29 is 29.6 Å². The summed E-state index contributed by atoms with van der Waals surface area (Å²) in [5.41, 5.74) is 1.80. The molecule has 6 aliphatic carbocycles. The number of rotatable bonds is 14. The number of carbonyl (C=O) groups is 1. The molecule has 7 aliphatic rings. The summed E-state index contributed by atoms with van der Waals surface area (Å²) in [6.45, 7) is 12.8. The number of aliphatic hydroxyl groups excluding tert-OH is 1. The van der Waals surface area contributed by atoms with Gasteiger partial charge in [0, 0.05) is 24.9 Å². The quantitative estimate of drug-likeness (QED) is 0.163. The summed E-state index contributed by atoms with van der Waals surface area (Å²) < 4.78 is 12.4. The van der Waals surface area contributed by atoms with Gasteiger partial charge in [-0.1, -0.05) is 110 Å². The van der Waals surface area contributed by atoms with E-state index in [4.69, 9.17) is 9.47 Å². The maximum Gasteiger partial charge on any atom is 0.309 e. The normalized spacial score (nSPS) is 46.5. The van der Waals surface area contributed by atoms with Crippen molar-refractivity contribution in [2.75, 3.05) is 13.7 Å². The molecule has 7 fully saturated rings. The standard InChI is InChI=1S/C51H80O6/c1-7-13-40-50-24-21-39-47(4,43(50)38(52)33-51(40,55)57-42(50)32-37-19-17-36(18-20-37)22-31-56-6)28-30-49(23-12-8-9-14-35-15-10-11-16-35)41-34-46(3,44(53)54)26-25-45(41,2)27-29-48(39,49)5/h17-20,35,38-43,52,55H,7-16,21-34H2,1-6H3,(H,53,54)/t38-,39+,40-,41+,42-,43-,45-,46+,47+,48+,49+,50+,51-/m0/s1. The fourth-order valence-electron chi connectivity index (χ4n) is 17.1. The van der Waals surface area contributed by atoms with Crippen LogP contribution in [0.4, 0.5) is 0 Å². The minimum atomic E-state index is -1.30. The van der Waals surface area contributed by atoms with Crippen LogP contribution in [0.5, 0.6) is 0 Å². The highest BCUT2D eigenvalue weighted by atomic mass is 16.6. The fraction of sp³-hybridized carbons (Fsp3) is 0.863. The van der Waals surface area contributed by atoms with Crippen molar-refractivity contribution >= 4 is 5.97 Å². The molecular formula is C51H80O6. The Bertz CT molecular complexity index is 1590. The Hall–Kier alpha value is -1.47. The number of aliphatic hydroxyl groups is 2. The predicted molar refractivity (Wildman–Crippen MR) is 227 cm³/mol. The summed E-state index contributed by atoms with van der Waals surface area (Å²) in [7, 11) is 1.75. The summed E-state index contributed by atoms with van der Waals surface area (Å²) in [5, 5.41) is 35.8. The van der Waals surface area contributed by atoms with E-state index < -0.39 is 23.3 Å². The Labute approximate surface area is 346 Å². The first-order valence-corrected chi connectivity index (χ1v) is 24.0. The van der Waals surface area contributed by atoms with Gasteiger partial charge in [0.15, 0.2) is 5.79 Å². The maximum absolute atomic E-state index is 13.0. The zero-order valence-electron chi connectivity index (χ0n) is 36.9. The summed E-state index contributed by atoms with van der Waals surface area (Å²) in [6.07, 6.45) is 24.6. The molecule has 57 heavy (non-hydrogen) atoms. The van der Waals surface area contributed by atoms with Crippen molar-refractivity contribution in [1.29, 1.82) is 0 Å². The number of hydrogen-bond donors (Lipinski definition) is 3. The van der Waals surface area contributed by atoms with E-state index in [0.29, 0.717) is 24.9 Å². The maximum atomic E-state index is 13.0. The molecule has 1 saturated heterocycles. The molecule has 1 spiro atoms. The molecule has 0 unspecified atom stereocenters. The number of carboxylic acid groups (broad SMARTS) is 1. The van der Waals surface area contributed by atoms with E-state index in [2.05, 4.69) is 58.9 Å². The van der Waals surface area contributed by atoms with E-state index in [1.165, 1.54) is 81.8 Å². The number of fused-ring (bicyclic) bond motifs is 7. The monoisotopic (exact) mass is 789 g/mol. The minimum Gasteiger partial charge on any atom is -0.481 e. The number of aliphatic carboxylic acids is 1. The molecule has 1 heterocycles. The van der Waals surface area contributed by atoms with Gasteiger partial charge in [-0.15, -0.1) is 0 Å². The van der Waals surface area contributed by atoms with E-state index in [0.717, 1.165) is 76.5 Å². The lowest BCUT2D eigenvalue weighted by molar-refractivity contribution is -0.293. The molecule has 1 aromatic carbocycles. The molecule has 8 rings (SSSR count). The van der Waals surface area contributed by atoms with Gasteiger partial charge in [-0.25, -0.2) is 0 Å². The smallest absolute Gasteiger partial charge is 0.309 e. The summed E-state index contributed by atoms with van der Waals surface area (Å²) in [4.78, 5) is 13.0. The van der Waals surface area contributed by atoms with Crippen LogP contribution < -0.4 is 0 Å². The van der Waals surface area contributed by atoms with Crippen molar-refractivity contribution in [2.45, 2.75) is 200 Å². The van der Waals surface area contributed by atoms with Crippen LogP contribution in [-0.2, 0) is 27.1 Å². The molecule has 0 radical (unpaired) electrons. The first kappa shape index (κ1) is 42.2. The lowest BCUT2D eigenvalue weighted by Gasteiger charge is -2.76. The molecule has 6 heteroatoms. The highest BCUT2D eigenvalue weighted by Gasteiger charge is 2.78. The first-order valence-electron chi connectivity index (χ1n) is 24.0. The van der Waals surface area contributed by atoms with Gasteiger partial charge in [-0.3, -0.25) is 4.79 Å². The van der Waals surface area contributed by atoms with Gasteiger partial charge in [-0.2, -0.15) is 0 Å². The molecule has 0 amide bonds. The highest BCUT2D eigenvalue weighted by molar-refractivity contribution is 5.74. The van der Waals surface area contributed by atoms with Gasteiger partial charge in [0.25, 0.3) is 0 Å². The van der Waals surface area contributed by atoms with E-state index in [9.17, 15) is 20.1 Å². The lowest BCUT2D eigenvalue weighted by atomic mass is 9.28. The molecule has 320 valence electrons. The third-order valence-electron chi connectivity index (χ3n) is 20.0. The van der Waals surface area contributed by atoms with Gasteiger partial charge >= 0.3 is 5.97 Å². The number of unbranched alkanes of at least 4 members (excludes halogenated alkanes) is 2. The number of hydrogen-bond acceptors (Lipinski definition) is 5. The number of ether oxygens (including phenoxy) is 2. The van der Waals surface area contributed by atoms with E-state index in [1.807, 2.05) is 0 Å². The van der Waals surface area contributed by atoms with E-state index in [1.54, 1.807) is 7.11 Å². The Morgan fingerprint density at radius 3 is 2.26 bits per heavy atom. The van der Waals surface area contributed by atoms with Crippen molar-refractivity contribution in [3.63, 3.8) is 0 Å². The molecule has 2 bridgehead atoms. The molecule has 1 aliphatic heterocycles. The van der Waals surface area contributed by atoms with Crippen molar-refractivity contribution in [3.8, 4) is 0 Å². The molecule has 13 atom stereocenters. The summed E-state index contributed by atoms with van der Waals surface area (Å²) in [6, 6.07) is 8.96. The van der Waals surface area contributed by atoms with Crippen molar-refractivity contribution in [1.82, 2.24) is 0 Å². The lowest BCUT2D eigenvalue weighted by Crippen LogP contribution is -2.71. The van der Waals surface area contributed by atoms with Crippen LogP contribution in [0.15, 0.2) is 24.3 Å². The van der Waals surface area contributed by atoms with Crippen LogP contribution in [0, 0.1) is 62.1 Å². The average molecular weight is 789 g/mol. The van der Waals surface area contributed by atoms with Crippen LogP contribution in [0.1, 0.15) is 181 Å². The average Bonchev–Trinajstić information content (AvgIpc) is 3.74. The van der Waals surface area contributed by atoms with Gasteiger partial charge in [0.1, 0.15) is 0 Å². The Kier molecular flexibility index (Phi) is 11.5. The summed E-state index contributed by atoms with van der Waals surface area (Å²) in [5.74, 6) is -0.0479. The second-order valence-electron chi connectivity index (χ2n) is 22.6. The van der Waals surface area contributed by atoms with Gasteiger partial charge < -0.3 is 24.8 Å². The predicted octanol–water partition coefficient (Wildman–Crippen LogP) is 11.3. The molecule has 0 aromatic heterocycles. The van der Waals surface area contributed by atoms with Crippen molar-refractivity contribution in [3.05, 3.63) is 35.4 Å². The molecule has 6 nitrogen and oxygen atoms in total. The fourth-order valence-corrected chi connectivity index (χ4v) is 17.1. The second kappa shape index (κ2) is 15.5. The number of benzene rings is 1. The largest absolute Gasteiger partial charge is 0.481 e. The zero-order chi connectivity index (χ0) is 40.5. The van der Waals surface area contributed by atoms with Crippen LogP contribution in [0.25, 0.3) is 0 Å². The van der Waals surface area contributed by atoms with E-state index >= 15 is 0 Å². The minimum absolute atomic E-state index is 0.00998. The molecule has 1 aromatic rings. The third kappa shape index (κ3) is 6.64. The Morgan fingerprint density at radius 1 is 0.842 bits per heavy atom. The third-order valence-corrected chi connectivity index (χ3v) is 20.0. The molecular weight excluding hydrogens is 709 g/mol. The zero-order valence-corrected chi connectivity index (χ0v) is 36.9. The summed E-state index contributed by atoms with van der Waals surface area (Å²) >= 11 is 0. The topological polar surface area (TPSA) is 96.2 Å². The number of methoxy groups -OCH3 is 1. The molecule has 3 N–H and O–H groups in total.